The number of likely N-dealkylation sites (tertiary alicyclic amines) is 1. The highest BCUT2D eigenvalue weighted by atomic mass is 35.5. The smallest absolute Gasteiger partial charge is 0.259 e. The van der Waals surface area contributed by atoms with Gasteiger partial charge in [-0.15, -0.1) is 22.9 Å². The molecular formula is C24H26ClN3O4S. The Labute approximate surface area is 201 Å². The number of aromatic nitrogens is 1. The molecule has 2 aliphatic heterocycles. The van der Waals surface area contributed by atoms with Gasteiger partial charge in [-0.2, -0.15) is 0 Å². The minimum atomic E-state index is -0.653. The van der Waals surface area contributed by atoms with E-state index >= 15 is 0 Å². The Hall–Kier alpha value is -2.29. The van der Waals surface area contributed by atoms with Gasteiger partial charge in [0.15, 0.2) is 5.78 Å². The lowest BCUT2D eigenvalue weighted by atomic mass is 9.75. The number of alkyl halides is 1. The molecule has 0 spiro atoms. The minimum Gasteiger partial charge on any atom is -0.366 e. The Balaban J connectivity index is 1.57. The Morgan fingerprint density at radius 2 is 2.06 bits per heavy atom. The van der Waals surface area contributed by atoms with Gasteiger partial charge >= 0.3 is 0 Å². The molecule has 1 saturated carbocycles. The molecule has 5 rings (SSSR count). The summed E-state index contributed by atoms with van der Waals surface area (Å²) < 4.78 is 5.58. The standard InChI is InChI=1S/C24H26ClN3O4S/c25-16-11-28(20-17(29)12-32-21(16)20)24(31)19(13-5-2-1-3-6-13)15-9-18(33-22(15)23(26)30)14-7-4-8-27-10-14/h4,7-10,13,16,19-21H,1-3,5-6,11-12H2,(H2,26,30)/t16-,19-,20+,21+/m0/s1. The highest BCUT2D eigenvalue weighted by Gasteiger charge is 2.53. The molecule has 0 bridgehead atoms. The molecule has 0 aromatic carbocycles. The van der Waals surface area contributed by atoms with Crippen molar-refractivity contribution in [2.75, 3.05) is 13.2 Å². The van der Waals surface area contributed by atoms with Crippen molar-refractivity contribution in [1.29, 1.82) is 0 Å². The third-order valence-corrected chi connectivity index (χ3v) is 8.66. The van der Waals surface area contributed by atoms with Crippen LogP contribution in [-0.4, -0.2) is 58.2 Å². The maximum atomic E-state index is 14.1. The predicted octanol–water partition coefficient (Wildman–Crippen LogP) is 3.36. The summed E-state index contributed by atoms with van der Waals surface area (Å²) in [6.45, 7) is 0.239. The molecule has 2 amide bonds. The number of primary amides is 1. The van der Waals surface area contributed by atoms with E-state index in [1.54, 1.807) is 17.3 Å². The third-order valence-electron chi connectivity index (χ3n) is 7.06. The number of amides is 2. The molecule has 0 unspecified atom stereocenters. The van der Waals surface area contributed by atoms with Crippen LogP contribution in [0.3, 0.4) is 0 Å². The van der Waals surface area contributed by atoms with Gasteiger partial charge in [-0.1, -0.05) is 25.3 Å². The Kier molecular flexibility index (Phi) is 6.24. The number of ether oxygens (including phenoxy) is 1. The summed E-state index contributed by atoms with van der Waals surface area (Å²) in [5.74, 6) is -1.29. The summed E-state index contributed by atoms with van der Waals surface area (Å²) in [4.78, 5) is 46.2. The molecule has 4 heterocycles. The quantitative estimate of drug-likeness (QED) is 0.651. The van der Waals surface area contributed by atoms with E-state index in [0.717, 1.165) is 42.5 Å². The van der Waals surface area contributed by atoms with Gasteiger partial charge in [-0.3, -0.25) is 19.4 Å². The second kappa shape index (κ2) is 9.16. The highest BCUT2D eigenvalue weighted by Crippen LogP contribution is 2.44. The number of hydrogen-bond donors (Lipinski definition) is 1. The van der Waals surface area contributed by atoms with Crippen LogP contribution in [0.1, 0.15) is 53.3 Å². The summed E-state index contributed by atoms with van der Waals surface area (Å²) in [6.07, 6.45) is 7.93. The lowest BCUT2D eigenvalue weighted by Crippen LogP contribution is -2.46. The van der Waals surface area contributed by atoms with Crippen LogP contribution in [0.5, 0.6) is 0 Å². The fourth-order valence-electron chi connectivity index (χ4n) is 5.54. The molecule has 2 N–H and O–H groups in total. The van der Waals surface area contributed by atoms with E-state index in [1.165, 1.54) is 11.3 Å². The number of nitrogens with zero attached hydrogens (tertiary/aromatic N) is 2. The van der Waals surface area contributed by atoms with Crippen molar-refractivity contribution in [3.63, 3.8) is 0 Å². The van der Waals surface area contributed by atoms with Crippen LogP contribution in [0.4, 0.5) is 0 Å². The van der Waals surface area contributed by atoms with Gasteiger partial charge in [0.05, 0.1) is 16.2 Å². The van der Waals surface area contributed by atoms with Crippen LogP contribution in [0.2, 0.25) is 0 Å². The lowest BCUT2D eigenvalue weighted by molar-refractivity contribution is -0.139. The van der Waals surface area contributed by atoms with Crippen molar-refractivity contribution in [2.45, 2.75) is 55.5 Å². The van der Waals surface area contributed by atoms with Crippen molar-refractivity contribution in [1.82, 2.24) is 9.88 Å². The van der Waals surface area contributed by atoms with E-state index in [-0.39, 0.29) is 30.8 Å². The number of rotatable bonds is 5. The van der Waals surface area contributed by atoms with Crippen molar-refractivity contribution in [2.24, 2.45) is 11.7 Å². The van der Waals surface area contributed by atoms with Crippen molar-refractivity contribution >= 4 is 40.5 Å². The van der Waals surface area contributed by atoms with Gasteiger partial charge < -0.3 is 15.4 Å². The fourth-order valence-corrected chi connectivity index (χ4v) is 6.95. The Morgan fingerprint density at radius 1 is 1.27 bits per heavy atom. The summed E-state index contributed by atoms with van der Waals surface area (Å²) in [7, 11) is 0. The number of carbonyl (C=O) groups excluding carboxylic acids is 3. The molecule has 3 aliphatic rings. The normalized spacial score (nSPS) is 26.4. The molecule has 2 aromatic rings. The molecule has 174 valence electrons. The Morgan fingerprint density at radius 3 is 2.76 bits per heavy atom. The number of Topliss-reactive ketones (excluding diaryl/α,β-unsaturated/α-hetero) is 1. The molecule has 3 fully saturated rings. The first-order valence-electron chi connectivity index (χ1n) is 11.4. The SMILES string of the molecule is NC(=O)c1sc(-c2cccnc2)cc1[C@@H](C(=O)N1C[C@H](Cl)[C@H]2OCC(=O)[C@H]21)C1CCCCC1. The van der Waals surface area contributed by atoms with Crippen LogP contribution < -0.4 is 5.73 Å². The number of fused-ring (bicyclic) bond motifs is 1. The Bertz CT molecular complexity index is 1070. The first-order valence-corrected chi connectivity index (χ1v) is 12.6. The maximum absolute atomic E-state index is 14.1. The number of nitrogens with two attached hydrogens (primary N) is 1. The van der Waals surface area contributed by atoms with E-state index in [0.29, 0.717) is 10.4 Å². The number of carbonyl (C=O) groups is 3. The zero-order valence-electron chi connectivity index (χ0n) is 18.1. The zero-order valence-corrected chi connectivity index (χ0v) is 19.7. The molecule has 2 aromatic heterocycles. The van der Waals surface area contributed by atoms with Crippen LogP contribution in [-0.2, 0) is 14.3 Å². The first kappa shape index (κ1) is 22.5. The second-order valence-corrected chi connectivity index (χ2v) is 10.7. The summed E-state index contributed by atoms with van der Waals surface area (Å²) >= 11 is 7.76. The molecule has 4 atom stereocenters. The van der Waals surface area contributed by atoms with Gasteiger partial charge in [0, 0.05) is 29.4 Å². The monoisotopic (exact) mass is 487 g/mol. The molecular weight excluding hydrogens is 462 g/mol. The van der Waals surface area contributed by atoms with E-state index in [1.807, 2.05) is 18.2 Å². The molecule has 9 heteroatoms. The average Bonchev–Trinajstić information content (AvgIpc) is 3.52. The summed E-state index contributed by atoms with van der Waals surface area (Å²) in [5, 5.41) is -0.429. The van der Waals surface area contributed by atoms with Crippen LogP contribution in [0.25, 0.3) is 10.4 Å². The highest BCUT2D eigenvalue weighted by molar-refractivity contribution is 7.17. The van der Waals surface area contributed by atoms with Gasteiger partial charge in [-0.25, -0.2) is 0 Å². The first-order chi connectivity index (χ1) is 16.0. The number of thiophene rings is 1. The molecule has 7 nitrogen and oxygen atoms in total. The molecule has 33 heavy (non-hydrogen) atoms. The number of pyridine rings is 1. The zero-order chi connectivity index (χ0) is 23.1. The van der Waals surface area contributed by atoms with E-state index < -0.39 is 29.3 Å². The van der Waals surface area contributed by atoms with Crippen LogP contribution in [0, 0.1) is 5.92 Å². The largest absolute Gasteiger partial charge is 0.366 e. The van der Waals surface area contributed by atoms with Gasteiger partial charge in [0.2, 0.25) is 5.91 Å². The predicted molar refractivity (Wildman–Crippen MR) is 125 cm³/mol. The van der Waals surface area contributed by atoms with Crippen molar-refractivity contribution in [3.05, 3.63) is 41.0 Å². The lowest BCUT2D eigenvalue weighted by Gasteiger charge is -2.34. The second-order valence-electron chi connectivity index (χ2n) is 9.07. The van der Waals surface area contributed by atoms with Crippen molar-refractivity contribution in [3.8, 4) is 10.4 Å². The summed E-state index contributed by atoms with van der Waals surface area (Å²) in [5.41, 5.74) is 7.32. The van der Waals surface area contributed by atoms with E-state index in [9.17, 15) is 14.4 Å². The average molecular weight is 488 g/mol. The van der Waals surface area contributed by atoms with Gasteiger partial charge in [-0.05, 0) is 36.5 Å². The maximum Gasteiger partial charge on any atom is 0.259 e. The fraction of sp³-hybridized carbons (Fsp3) is 0.500. The van der Waals surface area contributed by atoms with Crippen molar-refractivity contribution < 1.29 is 19.1 Å². The number of ketones is 1. The minimum absolute atomic E-state index is 0.0213. The number of hydrogen-bond acceptors (Lipinski definition) is 6. The topological polar surface area (TPSA) is 103 Å². The summed E-state index contributed by atoms with van der Waals surface area (Å²) in [6, 6.07) is 5.01. The van der Waals surface area contributed by atoms with Crippen LogP contribution in [0.15, 0.2) is 30.6 Å². The molecule has 2 saturated heterocycles. The van der Waals surface area contributed by atoms with E-state index in [2.05, 4.69) is 4.98 Å². The van der Waals surface area contributed by atoms with Crippen LogP contribution >= 0.6 is 22.9 Å². The number of halogens is 1. The van der Waals surface area contributed by atoms with Gasteiger partial charge in [0.25, 0.3) is 5.91 Å². The van der Waals surface area contributed by atoms with E-state index in [4.69, 9.17) is 22.1 Å². The molecule has 0 radical (unpaired) electrons. The third kappa shape index (κ3) is 4.09. The molecule has 1 aliphatic carbocycles. The van der Waals surface area contributed by atoms with Gasteiger partial charge in [0.1, 0.15) is 18.8 Å².